The Morgan fingerprint density at radius 2 is 2.12 bits per heavy atom. The molecule has 6 nitrogen and oxygen atoms in total. The van der Waals surface area contributed by atoms with Gasteiger partial charge >= 0.3 is 0 Å². The molecule has 0 aliphatic rings. The molecule has 0 saturated heterocycles. The van der Waals surface area contributed by atoms with Crippen molar-refractivity contribution in [1.82, 2.24) is 14.8 Å². The van der Waals surface area contributed by atoms with Crippen molar-refractivity contribution in [3.05, 3.63) is 65.6 Å². The van der Waals surface area contributed by atoms with Crippen LogP contribution in [0.5, 0.6) is 5.88 Å². The minimum atomic E-state index is -0.303. The molecule has 0 saturated carbocycles. The third kappa shape index (κ3) is 4.16. The number of anilines is 1. The molecule has 1 amide bonds. The van der Waals surface area contributed by atoms with Gasteiger partial charge in [-0.1, -0.05) is 17.7 Å². The van der Waals surface area contributed by atoms with E-state index in [1.807, 2.05) is 44.3 Å². The molecule has 0 unspecified atom stereocenters. The minimum Gasteiger partial charge on any atom is -0.474 e. The van der Waals surface area contributed by atoms with Crippen LogP contribution in [0.15, 0.2) is 55.0 Å². The summed E-state index contributed by atoms with van der Waals surface area (Å²) in [6, 6.07) is 10.8. The lowest BCUT2D eigenvalue weighted by Gasteiger charge is -2.11. The van der Waals surface area contributed by atoms with E-state index in [0.717, 1.165) is 5.69 Å². The van der Waals surface area contributed by atoms with Crippen LogP contribution in [0, 0.1) is 0 Å². The number of halogens is 1. The van der Waals surface area contributed by atoms with Crippen LogP contribution in [0.25, 0.3) is 5.69 Å². The van der Waals surface area contributed by atoms with Gasteiger partial charge in [0.25, 0.3) is 5.91 Å². The van der Waals surface area contributed by atoms with Gasteiger partial charge in [-0.15, -0.1) is 0 Å². The van der Waals surface area contributed by atoms with E-state index in [1.54, 1.807) is 23.0 Å². The number of carbonyl (C=O) groups excluding carboxylic acids is 1. The first-order chi connectivity index (χ1) is 12.0. The molecule has 3 aromatic rings. The molecule has 1 N–H and O–H groups in total. The number of nitrogens with one attached hydrogen (secondary N) is 1. The van der Waals surface area contributed by atoms with Gasteiger partial charge in [0.1, 0.15) is 5.02 Å². The zero-order valence-electron chi connectivity index (χ0n) is 13.8. The van der Waals surface area contributed by atoms with Gasteiger partial charge < -0.3 is 10.1 Å². The zero-order valence-corrected chi connectivity index (χ0v) is 14.6. The molecule has 7 heteroatoms. The van der Waals surface area contributed by atoms with Crippen molar-refractivity contribution in [2.75, 3.05) is 5.32 Å². The average molecular weight is 357 g/mol. The van der Waals surface area contributed by atoms with Crippen LogP contribution >= 0.6 is 11.6 Å². The van der Waals surface area contributed by atoms with Crippen molar-refractivity contribution < 1.29 is 9.53 Å². The Bertz CT molecular complexity index is 879. The summed E-state index contributed by atoms with van der Waals surface area (Å²) in [5.41, 5.74) is 1.85. The third-order valence-corrected chi connectivity index (χ3v) is 3.56. The molecular weight excluding hydrogens is 340 g/mol. The summed E-state index contributed by atoms with van der Waals surface area (Å²) in [7, 11) is 0. The predicted molar refractivity (Wildman–Crippen MR) is 96.5 cm³/mol. The van der Waals surface area contributed by atoms with Gasteiger partial charge in [-0.2, -0.15) is 5.10 Å². The highest BCUT2D eigenvalue weighted by Crippen LogP contribution is 2.24. The Labute approximate surface area is 150 Å². The monoisotopic (exact) mass is 356 g/mol. The largest absolute Gasteiger partial charge is 0.474 e. The minimum absolute atomic E-state index is 0.0466. The van der Waals surface area contributed by atoms with Crippen molar-refractivity contribution in [2.45, 2.75) is 20.0 Å². The topological polar surface area (TPSA) is 69.0 Å². The van der Waals surface area contributed by atoms with Crippen LogP contribution in [0.3, 0.4) is 0 Å². The van der Waals surface area contributed by atoms with Crippen molar-refractivity contribution in [1.29, 1.82) is 0 Å². The number of benzene rings is 1. The maximum atomic E-state index is 12.4. The van der Waals surface area contributed by atoms with Gasteiger partial charge in [0.15, 0.2) is 0 Å². The first-order valence-corrected chi connectivity index (χ1v) is 8.14. The highest BCUT2D eigenvalue weighted by Gasteiger charge is 2.12. The molecule has 0 aliphatic carbocycles. The van der Waals surface area contributed by atoms with E-state index in [9.17, 15) is 4.79 Å². The van der Waals surface area contributed by atoms with E-state index in [2.05, 4.69) is 15.4 Å². The van der Waals surface area contributed by atoms with Gasteiger partial charge in [0.2, 0.25) is 5.88 Å². The number of rotatable bonds is 5. The summed E-state index contributed by atoms with van der Waals surface area (Å²) in [4.78, 5) is 16.5. The summed E-state index contributed by atoms with van der Waals surface area (Å²) < 4.78 is 7.18. The number of ether oxygens (including phenoxy) is 1. The van der Waals surface area contributed by atoms with Crippen molar-refractivity contribution in [2.24, 2.45) is 0 Å². The van der Waals surface area contributed by atoms with Gasteiger partial charge in [-0.05, 0) is 44.2 Å². The van der Waals surface area contributed by atoms with E-state index in [4.69, 9.17) is 16.3 Å². The smallest absolute Gasteiger partial charge is 0.257 e. The lowest BCUT2D eigenvalue weighted by molar-refractivity contribution is 0.102. The van der Waals surface area contributed by atoms with Crippen LogP contribution in [0.4, 0.5) is 5.69 Å². The van der Waals surface area contributed by atoms with Gasteiger partial charge in [0.05, 0.1) is 17.4 Å². The second-order valence-electron chi connectivity index (χ2n) is 5.63. The Kier molecular flexibility index (Phi) is 5.00. The summed E-state index contributed by atoms with van der Waals surface area (Å²) in [5, 5.41) is 7.30. The maximum absolute atomic E-state index is 12.4. The summed E-state index contributed by atoms with van der Waals surface area (Å²) in [6.07, 6.45) is 4.92. The van der Waals surface area contributed by atoms with Crippen molar-refractivity contribution in [3.63, 3.8) is 0 Å². The molecule has 1 aromatic carbocycles. The van der Waals surface area contributed by atoms with E-state index < -0.39 is 0 Å². The van der Waals surface area contributed by atoms with Gasteiger partial charge in [-0.25, -0.2) is 9.67 Å². The molecule has 0 radical (unpaired) electrons. The Hall–Kier alpha value is -2.86. The first-order valence-electron chi connectivity index (χ1n) is 7.76. The molecule has 0 bridgehead atoms. The van der Waals surface area contributed by atoms with Gasteiger partial charge in [0, 0.05) is 24.3 Å². The number of pyridine rings is 1. The highest BCUT2D eigenvalue weighted by molar-refractivity contribution is 6.32. The summed E-state index contributed by atoms with van der Waals surface area (Å²) >= 11 is 6.13. The Morgan fingerprint density at radius 1 is 1.28 bits per heavy atom. The normalized spacial score (nSPS) is 10.7. The van der Waals surface area contributed by atoms with Crippen LogP contribution in [0.2, 0.25) is 5.02 Å². The van der Waals surface area contributed by atoms with Crippen molar-refractivity contribution in [3.8, 4) is 11.6 Å². The molecule has 2 heterocycles. The quantitative estimate of drug-likeness (QED) is 0.751. The van der Waals surface area contributed by atoms with E-state index in [1.165, 1.54) is 6.20 Å². The lowest BCUT2D eigenvalue weighted by atomic mass is 10.2. The number of amides is 1. The zero-order chi connectivity index (χ0) is 17.8. The molecule has 0 fully saturated rings. The van der Waals surface area contributed by atoms with Crippen molar-refractivity contribution >= 4 is 23.2 Å². The first kappa shape index (κ1) is 17.0. The summed E-state index contributed by atoms with van der Waals surface area (Å²) in [6.45, 7) is 3.76. The average Bonchev–Trinajstić information content (AvgIpc) is 3.11. The molecular formula is C18H17ClN4O2. The van der Waals surface area contributed by atoms with E-state index in [0.29, 0.717) is 22.2 Å². The molecule has 2 aromatic heterocycles. The van der Waals surface area contributed by atoms with Crippen LogP contribution in [-0.4, -0.2) is 26.8 Å². The van der Waals surface area contributed by atoms with Crippen LogP contribution < -0.4 is 10.1 Å². The fourth-order valence-electron chi connectivity index (χ4n) is 2.21. The molecule has 0 aliphatic heterocycles. The Morgan fingerprint density at radius 3 is 2.80 bits per heavy atom. The third-order valence-electron chi connectivity index (χ3n) is 3.29. The standard InChI is InChI=1S/C18H17ClN4O2/c1-12(2)25-18-16(19)9-13(11-20-18)17(24)22-14-5-3-6-15(10-14)23-8-4-7-21-23/h3-12H,1-2H3,(H,22,24). The predicted octanol–water partition coefficient (Wildman–Crippen LogP) is 3.96. The SMILES string of the molecule is CC(C)Oc1ncc(C(=O)Nc2cccc(-n3cccn3)c2)cc1Cl. The highest BCUT2D eigenvalue weighted by atomic mass is 35.5. The fraction of sp³-hybridized carbons (Fsp3) is 0.167. The van der Waals surface area contributed by atoms with E-state index in [-0.39, 0.29) is 12.0 Å². The fourth-order valence-corrected chi connectivity index (χ4v) is 2.42. The van der Waals surface area contributed by atoms with E-state index >= 15 is 0 Å². The second-order valence-corrected chi connectivity index (χ2v) is 6.04. The second kappa shape index (κ2) is 7.36. The molecule has 128 valence electrons. The number of hydrogen-bond acceptors (Lipinski definition) is 4. The van der Waals surface area contributed by atoms with Crippen LogP contribution in [0.1, 0.15) is 24.2 Å². The molecule has 3 rings (SSSR count). The number of carbonyl (C=O) groups is 1. The summed E-state index contributed by atoms with van der Waals surface area (Å²) in [5.74, 6) is 0.0111. The lowest BCUT2D eigenvalue weighted by Crippen LogP contribution is -2.13. The van der Waals surface area contributed by atoms with Crippen LogP contribution in [-0.2, 0) is 0 Å². The number of hydrogen-bond donors (Lipinski definition) is 1. The van der Waals surface area contributed by atoms with Gasteiger partial charge in [-0.3, -0.25) is 4.79 Å². The number of aromatic nitrogens is 3. The molecule has 25 heavy (non-hydrogen) atoms. The molecule has 0 spiro atoms. The maximum Gasteiger partial charge on any atom is 0.257 e. The number of nitrogens with zero attached hydrogens (tertiary/aromatic N) is 3. The Balaban J connectivity index is 1.76. The molecule has 0 atom stereocenters.